The molecule has 1 aliphatic heterocycles. The predicted octanol–water partition coefficient (Wildman–Crippen LogP) is 5.38. The Morgan fingerprint density at radius 2 is 1.51 bits per heavy atom. The van der Waals surface area contributed by atoms with Crippen molar-refractivity contribution in [2.75, 3.05) is 6.61 Å². The highest BCUT2D eigenvalue weighted by Crippen LogP contribution is 2.64. The molecule has 1 heterocycles. The molecular formula is C51H59NO15. The van der Waals surface area contributed by atoms with Gasteiger partial charge in [0.25, 0.3) is 5.91 Å². The number of Topliss-reactive ketones (excluding diaryl/α,β-unsaturated/α-hetero) is 1. The Hall–Kier alpha value is -5.78. The molecule has 2 bridgehead atoms. The van der Waals surface area contributed by atoms with Crippen LogP contribution in [0.25, 0.3) is 0 Å². The summed E-state index contributed by atoms with van der Waals surface area (Å²) in [6, 6.07) is 24.4. The third-order valence-corrected chi connectivity index (χ3v) is 14.2. The fourth-order valence-corrected chi connectivity index (χ4v) is 10.7. The molecule has 3 aliphatic carbocycles. The van der Waals surface area contributed by atoms with Crippen LogP contribution in [0.3, 0.4) is 0 Å². The molecule has 4 aliphatic rings. The topological polar surface area (TPSA) is 220 Å². The molecule has 3 aromatic carbocycles. The van der Waals surface area contributed by atoms with Crippen LogP contribution in [0.2, 0.25) is 0 Å². The summed E-state index contributed by atoms with van der Waals surface area (Å²) in [6.07, 6.45) is -9.57. The maximum Gasteiger partial charge on any atom is 0.350 e. The highest BCUT2D eigenvalue weighted by Gasteiger charge is 2.78. The summed E-state index contributed by atoms with van der Waals surface area (Å²) in [6.45, 7) is 9.92. The van der Waals surface area contributed by atoms with Crippen molar-refractivity contribution in [3.8, 4) is 0 Å². The Labute approximate surface area is 389 Å². The van der Waals surface area contributed by atoms with Crippen molar-refractivity contribution in [1.82, 2.24) is 5.32 Å². The first-order chi connectivity index (χ1) is 31.8. The van der Waals surface area contributed by atoms with E-state index in [4.69, 9.17) is 33.5 Å². The zero-order chi connectivity index (χ0) is 48.5. The minimum absolute atomic E-state index is 0.0489. The lowest BCUT2D eigenvalue weighted by Gasteiger charge is -2.67. The highest BCUT2D eigenvalue weighted by atomic mass is 17.2. The van der Waals surface area contributed by atoms with Gasteiger partial charge in [-0.3, -0.25) is 24.0 Å². The Bertz CT molecular complexity index is 2370. The zero-order valence-corrected chi connectivity index (χ0v) is 38.7. The van der Waals surface area contributed by atoms with Gasteiger partial charge in [-0.15, -0.1) is 0 Å². The average molecular weight is 926 g/mol. The second-order valence-electron chi connectivity index (χ2n) is 18.6. The van der Waals surface area contributed by atoms with E-state index in [-0.39, 0.29) is 42.8 Å². The standard InChI is InChI=1S/C51H59NO15/c1-8-18-38(56)65-42(40(33-21-14-10-15-22-33)52-46(58)34-23-16-11-17-24-34)47(59)64-35-26-51(60)45(67-62-27-32-19-12-9-13-20-32)43-49(7,36(55)25-37-50(43,28-61-37)66-31(4)54)44(57)41(63-30(3)53)39(29(35)2)48(51,5)6/h9-17,19-24,35-37,40-43,45,55,60H,8,18,25-28H2,1-7H3,(H,52,58)/t35-,36-,37+,40-,41+,42+,43-,45-,49+,50-,51+/m0/s1. The van der Waals surface area contributed by atoms with Gasteiger partial charge in [-0.1, -0.05) is 99.6 Å². The lowest BCUT2D eigenvalue weighted by molar-refractivity contribution is -0.420. The Morgan fingerprint density at radius 1 is 0.881 bits per heavy atom. The van der Waals surface area contributed by atoms with E-state index in [9.17, 15) is 29.4 Å². The summed E-state index contributed by atoms with van der Waals surface area (Å²) >= 11 is 0. The summed E-state index contributed by atoms with van der Waals surface area (Å²) in [5.41, 5.74) is -5.98. The summed E-state index contributed by atoms with van der Waals surface area (Å²) in [5, 5.41) is 28.9. The van der Waals surface area contributed by atoms with Crippen LogP contribution in [-0.4, -0.2) is 100 Å². The molecule has 358 valence electrons. The molecule has 11 atom stereocenters. The number of carbonyl (C=O) groups excluding carboxylic acids is 6. The Morgan fingerprint density at radius 3 is 2.09 bits per heavy atom. The summed E-state index contributed by atoms with van der Waals surface area (Å²) in [7, 11) is 0. The number of hydrogen-bond acceptors (Lipinski definition) is 15. The quantitative estimate of drug-likeness (QED) is 0.0573. The van der Waals surface area contributed by atoms with Gasteiger partial charge in [0, 0.05) is 44.1 Å². The van der Waals surface area contributed by atoms with E-state index in [0.717, 1.165) is 6.92 Å². The summed E-state index contributed by atoms with van der Waals surface area (Å²) < 4.78 is 30.3. The molecule has 1 amide bonds. The number of carbonyl (C=O) groups is 6. The number of aliphatic hydroxyl groups excluding tert-OH is 1. The van der Waals surface area contributed by atoms with Gasteiger partial charge >= 0.3 is 23.9 Å². The third-order valence-electron chi connectivity index (χ3n) is 14.2. The first-order valence-corrected chi connectivity index (χ1v) is 22.6. The molecule has 7 rings (SSSR count). The summed E-state index contributed by atoms with van der Waals surface area (Å²) in [5.74, 6) is -6.32. The minimum Gasteiger partial charge on any atom is -0.455 e. The van der Waals surface area contributed by atoms with Crippen molar-refractivity contribution in [3.05, 3.63) is 119 Å². The number of benzene rings is 3. The maximum atomic E-state index is 15.6. The number of ether oxygens (including phenoxy) is 5. The van der Waals surface area contributed by atoms with Crippen molar-refractivity contribution < 1.29 is 72.4 Å². The van der Waals surface area contributed by atoms with Crippen LogP contribution in [0.4, 0.5) is 0 Å². The molecule has 0 radical (unpaired) electrons. The lowest BCUT2D eigenvalue weighted by Crippen LogP contribution is -2.81. The van der Waals surface area contributed by atoms with Crippen LogP contribution in [0, 0.1) is 16.7 Å². The van der Waals surface area contributed by atoms with E-state index in [2.05, 4.69) is 5.32 Å². The normalized spacial score (nSPS) is 30.4. The average Bonchev–Trinajstić information content (AvgIpc) is 3.29. The van der Waals surface area contributed by atoms with Gasteiger partial charge in [0.2, 0.25) is 6.10 Å². The number of nitrogens with one attached hydrogen (secondary N) is 1. The molecule has 0 unspecified atom stereocenters. The molecule has 16 nitrogen and oxygen atoms in total. The number of rotatable bonds is 15. The largest absolute Gasteiger partial charge is 0.455 e. The molecule has 1 saturated heterocycles. The van der Waals surface area contributed by atoms with Crippen molar-refractivity contribution in [3.63, 3.8) is 0 Å². The van der Waals surface area contributed by atoms with E-state index in [0.29, 0.717) is 17.5 Å². The predicted molar refractivity (Wildman–Crippen MR) is 237 cm³/mol. The van der Waals surface area contributed by atoms with Gasteiger partial charge in [0.15, 0.2) is 17.5 Å². The van der Waals surface area contributed by atoms with Gasteiger partial charge in [0.05, 0.1) is 24.0 Å². The van der Waals surface area contributed by atoms with Crippen LogP contribution >= 0.6 is 0 Å². The van der Waals surface area contributed by atoms with Gasteiger partial charge in [0.1, 0.15) is 36.6 Å². The van der Waals surface area contributed by atoms with Crippen molar-refractivity contribution in [2.24, 2.45) is 16.7 Å². The van der Waals surface area contributed by atoms with E-state index >= 15 is 9.59 Å². The number of ketones is 1. The van der Waals surface area contributed by atoms with Crippen LogP contribution in [-0.2, 0) is 64.0 Å². The lowest BCUT2D eigenvalue weighted by atomic mass is 9.44. The van der Waals surface area contributed by atoms with Gasteiger partial charge < -0.3 is 39.2 Å². The summed E-state index contributed by atoms with van der Waals surface area (Å²) in [4.78, 5) is 96.4. The van der Waals surface area contributed by atoms with E-state index < -0.39 is 113 Å². The fourth-order valence-electron chi connectivity index (χ4n) is 10.7. The number of fused-ring (bicyclic) bond motifs is 5. The first-order valence-electron chi connectivity index (χ1n) is 22.6. The van der Waals surface area contributed by atoms with Crippen molar-refractivity contribution in [1.29, 1.82) is 0 Å². The van der Waals surface area contributed by atoms with Crippen molar-refractivity contribution in [2.45, 2.75) is 135 Å². The zero-order valence-electron chi connectivity index (χ0n) is 38.7. The van der Waals surface area contributed by atoms with Crippen LogP contribution in [0.5, 0.6) is 0 Å². The second kappa shape index (κ2) is 19.4. The first kappa shape index (κ1) is 49.1. The Balaban J connectivity index is 1.39. The number of aliphatic hydroxyl groups is 2. The molecule has 0 spiro atoms. The smallest absolute Gasteiger partial charge is 0.350 e. The van der Waals surface area contributed by atoms with Crippen LogP contribution in [0.15, 0.2) is 102 Å². The minimum atomic E-state index is -2.30. The maximum absolute atomic E-state index is 15.6. The number of hydrogen-bond donors (Lipinski definition) is 3. The van der Waals surface area contributed by atoms with Gasteiger partial charge in [-0.05, 0) is 54.7 Å². The number of amides is 1. The SMILES string of the molecule is CCCC(=O)O[C@@H](C(=O)O[C@H]1C[C@@]2(O)[C@@H](OOCc3ccccc3)[C@@H]3[C@]4(OC(C)=O)CO[C@@H]4C[C@H](O)[C@@]3(C)C(=O)[C@H](OC(C)=O)C(=C1C)C2(C)C)[C@@H](NC(=O)c1ccccc1)c1ccccc1. The van der Waals surface area contributed by atoms with Crippen molar-refractivity contribution >= 4 is 35.6 Å². The monoisotopic (exact) mass is 925 g/mol. The molecule has 0 aromatic heterocycles. The molecule has 3 aromatic rings. The van der Waals surface area contributed by atoms with Crippen LogP contribution in [0.1, 0.15) is 102 Å². The molecule has 3 N–H and O–H groups in total. The van der Waals surface area contributed by atoms with E-state index in [1.54, 1.807) is 113 Å². The van der Waals surface area contributed by atoms with E-state index in [1.807, 2.05) is 6.07 Å². The van der Waals surface area contributed by atoms with Gasteiger partial charge in [-0.2, -0.15) is 0 Å². The molecule has 16 heteroatoms. The number of esters is 4. The highest BCUT2D eigenvalue weighted by molar-refractivity contribution is 5.96. The Kier molecular flexibility index (Phi) is 14.3. The van der Waals surface area contributed by atoms with Gasteiger partial charge in [-0.25, -0.2) is 14.6 Å². The third kappa shape index (κ3) is 9.05. The molecule has 3 fully saturated rings. The van der Waals surface area contributed by atoms with E-state index in [1.165, 1.54) is 13.8 Å². The fraction of sp³-hybridized carbons (Fsp3) is 0.490. The van der Waals surface area contributed by atoms with Crippen LogP contribution < -0.4 is 5.32 Å². The second-order valence-corrected chi connectivity index (χ2v) is 18.6. The molecule has 2 saturated carbocycles. The molecule has 67 heavy (non-hydrogen) atoms. The molecular weight excluding hydrogens is 867 g/mol.